The van der Waals surface area contributed by atoms with Gasteiger partial charge in [-0.15, -0.1) is 0 Å². The van der Waals surface area contributed by atoms with Crippen LogP contribution in [0.2, 0.25) is 0 Å². The Morgan fingerprint density at radius 2 is 1.78 bits per heavy atom. The Balaban J connectivity index is 1.96. The number of aromatic nitrogens is 2. The number of rotatable bonds is 5. The van der Waals surface area contributed by atoms with E-state index in [2.05, 4.69) is 9.82 Å². The number of hydrogen-bond acceptors (Lipinski definition) is 4. The smallest absolute Gasteiger partial charge is 0.265 e. The Hall–Kier alpha value is -2.35. The van der Waals surface area contributed by atoms with E-state index in [9.17, 15) is 13.2 Å². The molecule has 3 rings (SSSR count). The van der Waals surface area contributed by atoms with Crippen molar-refractivity contribution in [3.63, 3.8) is 0 Å². The van der Waals surface area contributed by atoms with Gasteiger partial charge in [0.25, 0.3) is 10.0 Å². The van der Waals surface area contributed by atoms with Crippen molar-refractivity contribution in [3.8, 4) is 0 Å². The number of primary amides is 1. The van der Waals surface area contributed by atoms with Crippen LogP contribution in [0.25, 0.3) is 0 Å². The molecule has 1 aliphatic carbocycles. The molecule has 27 heavy (non-hydrogen) atoms. The van der Waals surface area contributed by atoms with Gasteiger partial charge in [-0.1, -0.05) is 33.6 Å². The van der Waals surface area contributed by atoms with Crippen molar-refractivity contribution < 1.29 is 13.2 Å². The van der Waals surface area contributed by atoms with Crippen molar-refractivity contribution in [2.75, 3.05) is 4.72 Å². The topological polar surface area (TPSA) is 107 Å². The number of sulfonamides is 1. The normalized spacial score (nSPS) is 15.8. The maximum absolute atomic E-state index is 13.1. The third kappa shape index (κ3) is 4.16. The fraction of sp³-hybridized carbons (Fsp3) is 0.474. The Bertz CT molecular complexity index is 934. The molecule has 0 atom stereocenters. The Morgan fingerprint density at radius 1 is 1.19 bits per heavy atom. The van der Waals surface area contributed by atoms with Gasteiger partial charge in [0, 0.05) is 22.9 Å². The van der Waals surface area contributed by atoms with Gasteiger partial charge in [-0.2, -0.15) is 5.10 Å². The van der Waals surface area contributed by atoms with E-state index in [1.165, 1.54) is 24.3 Å². The number of anilines is 1. The molecule has 1 fully saturated rings. The van der Waals surface area contributed by atoms with E-state index in [4.69, 9.17) is 5.73 Å². The molecular weight excluding hydrogens is 364 g/mol. The second-order valence-electron chi connectivity index (χ2n) is 8.06. The van der Waals surface area contributed by atoms with Crippen molar-refractivity contribution >= 4 is 21.6 Å². The minimum Gasteiger partial charge on any atom is -0.366 e. The van der Waals surface area contributed by atoms with Gasteiger partial charge < -0.3 is 5.73 Å². The van der Waals surface area contributed by atoms with Gasteiger partial charge in [-0.3, -0.25) is 14.2 Å². The summed E-state index contributed by atoms with van der Waals surface area (Å²) in [6.45, 7) is 5.86. The van der Waals surface area contributed by atoms with Gasteiger partial charge in [0.05, 0.1) is 11.7 Å². The third-order valence-electron chi connectivity index (χ3n) is 4.82. The molecule has 1 aromatic heterocycles. The molecule has 0 aliphatic heterocycles. The number of nitrogens with one attached hydrogen (secondary N) is 1. The number of carbonyl (C=O) groups is 1. The summed E-state index contributed by atoms with van der Waals surface area (Å²) in [5, 5.41) is 4.65. The quantitative estimate of drug-likeness (QED) is 0.817. The lowest BCUT2D eigenvalue weighted by Gasteiger charge is -2.18. The average molecular weight is 391 g/mol. The molecule has 1 aromatic carbocycles. The summed E-state index contributed by atoms with van der Waals surface area (Å²) in [6, 6.07) is 6.29. The number of benzene rings is 1. The molecule has 0 unspecified atom stereocenters. The number of amides is 1. The largest absolute Gasteiger partial charge is 0.366 e. The first-order valence-corrected chi connectivity index (χ1v) is 10.6. The minimum absolute atomic E-state index is 0.195. The summed E-state index contributed by atoms with van der Waals surface area (Å²) < 4.78 is 30.5. The van der Waals surface area contributed by atoms with E-state index in [0.717, 1.165) is 25.7 Å². The first-order chi connectivity index (χ1) is 12.6. The van der Waals surface area contributed by atoms with Crippen molar-refractivity contribution in [2.24, 2.45) is 5.73 Å². The molecule has 1 heterocycles. The zero-order chi connectivity index (χ0) is 19.8. The number of nitrogens with two attached hydrogens (primary N) is 1. The molecule has 146 valence electrons. The van der Waals surface area contributed by atoms with Crippen molar-refractivity contribution in [1.82, 2.24) is 9.78 Å². The molecule has 1 amide bonds. The molecular formula is C19H26N4O3S. The highest BCUT2D eigenvalue weighted by molar-refractivity contribution is 7.92. The van der Waals surface area contributed by atoms with Crippen LogP contribution < -0.4 is 10.5 Å². The molecule has 0 bridgehead atoms. The lowest BCUT2D eigenvalue weighted by Crippen LogP contribution is -2.20. The lowest BCUT2D eigenvalue weighted by molar-refractivity contribution is 0.100. The molecule has 1 saturated carbocycles. The van der Waals surface area contributed by atoms with Crippen LogP contribution in [0.1, 0.15) is 68.5 Å². The zero-order valence-electron chi connectivity index (χ0n) is 15.9. The monoisotopic (exact) mass is 390 g/mol. The van der Waals surface area contributed by atoms with Crippen LogP contribution in [-0.2, 0) is 15.4 Å². The van der Waals surface area contributed by atoms with Gasteiger partial charge in [0.1, 0.15) is 4.90 Å². The van der Waals surface area contributed by atoms with E-state index < -0.39 is 21.3 Å². The molecule has 0 radical (unpaired) electrons. The standard InChI is InChI=1S/C19H26N4O3S/c1-19(2,3)17-16(12-23(21-17)15-6-4-5-7-15)27(25,26)22-14-10-8-13(9-11-14)18(20)24/h8-12,15,22H,4-7H2,1-3H3,(H2,20,24). The van der Waals surface area contributed by atoms with Crippen LogP contribution in [0.3, 0.4) is 0 Å². The Labute approximate surface area is 160 Å². The summed E-state index contributed by atoms with van der Waals surface area (Å²) in [5.74, 6) is -0.558. The van der Waals surface area contributed by atoms with Gasteiger partial charge >= 0.3 is 0 Å². The number of carbonyl (C=O) groups excluding carboxylic acids is 1. The molecule has 7 nitrogen and oxygen atoms in total. The third-order valence-corrected chi connectivity index (χ3v) is 6.20. The number of hydrogen-bond donors (Lipinski definition) is 2. The van der Waals surface area contributed by atoms with Gasteiger partial charge in [-0.25, -0.2) is 8.42 Å². The van der Waals surface area contributed by atoms with Crippen LogP contribution in [0.4, 0.5) is 5.69 Å². The van der Waals surface area contributed by atoms with E-state index in [1.807, 2.05) is 25.5 Å². The maximum atomic E-state index is 13.1. The second kappa shape index (κ2) is 6.99. The Morgan fingerprint density at radius 3 is 2.30 bits per heavy atom. The van der Waals surface area contributed by atoms with Crippen LogP contribution in [0.5, 0.6) is 0 Å². The van der Waals surface area contributed by atoms with Crippen molar-refractivity contribution in [1.29, 1.82) is 0 Å². The first kappa shape index (κ1) is 19.4. The van der Waals surface area contributed by atoms with Crippen LogP contribution in [0.15, 0.2) is 35.4 Å². The van der Waals surface area contributed by atoms with Crippen LogP contribution >= 0.6 is 0 Å². The van der Waals surface area contributed by atoms with Crippen molar-refractivity contribution in [3.05, 3.63) is 41.7 Å². The van der Waals surface area contributed by atoms with Gasteiger partial charge in [-0.05, 0) is 37.1 Å². The summed E-state index contributed by atoms with van der Waals surface area (Å²) in [7, 11) is -3.82. The molecule has 0 spiro atoms. The highest BCUT2D eigenvalue weighted by atomic mass is 32.2. The van der Waals surface area contributed by atoms with Gasteiger partial charge in [0.2, 0.25) is 5.91 Å². The molecule has 0 saturated heterocycles. The molecule has 2 aromatic rings. The minimum atomic E-state index is -3.82. The van der Waals surface area contributed by atoms with Crippen LogP contribution in [0, 0.1) is 0 Å². The second-order valence-corrected chi connectivity index (χ2v) is 9.71. The summed E-state index contributed by atoms with van der Waals surface area (Å²) in [5.41, 5.74) is 6.05. The van der Waals surface area contributed by atoms with Crippen molar-refractivity contribution in [2.45, 2.75) is 62.8 Å². The zero-order valence-corrected chi connectivity index (χ0v) is 16.7. The fourth-order valence-corrected chi connectivity index (χ4v) is 4.76. The van der Waals surface area contributed by atoms with Crippen LogP contribution in [-0.4, -0.2) is 24.1 Å². The Kier molecular flexibility index (Phi) is 5.03. The first-order valence-electron chi connectivity index (χ1n) is 9.10. The summed E-state index contributed by atoms with van der Waals surface area (Å²) >= 11 is 0. The molecule has 1 aliphatic rings. The fourth-order valence-electron chi connectivity index (χ4n) is 3.36. The summed E-state index contributed by atoms with van der Waals surface area (Å²) in [6.07, 6.45) is 5.97. The highest BCUT2D eigenvalue weighted by Gasteiger charge is 2.32. The van der Waals surface area contributed by atoms with E-state index in [1.54, 1.807) is 6.20 Å². The van der Waals surface area contributed by atoms with Gasteiger partial charge in [0.15, 0.2) is 0 Å². The maximum Gasteiger partial charge on any atom is 0.265 e. The molecule has 8 heteroatoms. The van der Waals surface area contributed by atoms with E-state index >= 15 is 0 Å². The summed E-state index contributed by atoms with van der Waals surface area (Å²) in [4.78, 5) is 11.4. The van der Waals surface area contributed by atoms with E-state index in [0.29, 0.717) is 16.9 Å². The number of nitrogens with zero attached hydrogens (tertiary/aromatic N) is 2. The molecule has 3 N–H and O–H groups in total. The highest BCUT2D eigenvalue weighted by Crippen LogP contribution is 2.34. The SMILES string of the molecule is CC(C)(C)c1nn(C2CCCC2)cc1S(=O)(=O)Nc1ccc(C(N)=O)cc1. The van der Waals surface area contributed by atoms with E-state index in [-0.39, 0.29) is 10.9 Å². The predicted molar refractivity (Wildman–Crippen MR) is 104 cm³/mol. The average Bonchev–Trinajstić information content (AvgIpc) is 3.24. The lowest BCUT2D eigenvalue weighted by atomic mass is 9.92. The predicted octanol–water partition coefficient (Wildman–Crippen LogP) is 3.20.